The Balaban J connectivity index is 2.86. The topological polar surface area (TPSA) is 25.2 Å². The van der Waals surface area contributed by atoms with Crippen molar-refractivity contribution in [2.45, 2.75) is 13.5 Å². The van der Waals surface area contributed by atoms with E-state index in [0.717, 1.165) is 22.0 Å². The number of rotatable bonds is 2. The van der Waals surface area contributed by atoms with E-state index in [1.165, 1.54) is 0 Å². The van der Waals surface area contributed by atoms with Crippen LogP contribution in [0.5, 0.6) is 0 Å². The highest BCUT2D eigenvalue weighted by molar-refractivity contribution is 14.2. The molecule has 1 N–H and O–H groups in total. The molecule has 80 valence electrons. The van der Waals surface area contributed by atoms with Gasteiger partial charge in [-0.25, -0.2) is 0 Å². The van der Waals surface area contributed by atoms with E-state index < -0.39 is 0 Å². The Bertz CT molecular complexity index is 512. The van der Waals surface area contributed by atoms with Crippen molar-refractivity contribution in [1.29, 1.82) is 0 Å². The molecule has 0 bridgehead atoms. The number of fused-ring (bicyclic) bond motifs is 1. The standard InChI is InChI=1S/C10H9ClINOS/c1-6-4-9(11)8(5-14)7-2-3-13(15-12)10(6)7/h2-4,14H,5H2,1H3. The summed E-state index contributed by atoms with van der Waals surface area (Å²) in [5, 5.41) is 11.0. The first-order valence-corrected chi connectivity index (χ1v) is 8.07. The number of benzene rings is 1. The van der Waals surface area contributed by atoms with Gasteiger partial charge in [-0.3, -0.25) is 3.97 Å². The molecule has 0 saturated carbocycles. The second-order valence-corrected chi connectivity index (χ2v) is 5.41. The summed E-state index contributed by atoms with van der Waals surface area (Å²) < 4.78 is 2.07. The minimum absolute atomic E-state index is 0.0223. The van der Waals surface area contributed by atoms with Crippen LogP contribution < -0.4 is 0 Å². The average molecular weight is 354 g/mol. The van der Waals surface area contributed by atoms with Gasteiger partial charge in [-0.1, -0.05) is 11.6 Å². The number of aryl methyl sites for hydroxylation is 1. The smallest absolute Gasteiger partial charge is 0.0703 e. The van der Waals surface area contributed by atoms with E-state index in [2.05, 4.69) is 25.2 Å². The van der Waals surface area contributed by atoms with Crippen molar-refractivity contribution < 1.29 is 5.11 Å². The second-order valence-electron chi connectivity index (χ2n) is 3.28. The zero-order chi connectivity index (χ0) is 11.0. The number of halogens is 2. The van der Waals surface area contributed by atoms with Gasteiger partial charge in [0, 0.05) is 52.5 Å². The van der Waals surface area contributed by atoms with Gasteiger partial charge >= 0.3 is 0 Å². The van der Waals surface area contributed by atoms with Crippen molar-refractivity contribution in [3.05, 3.63) is 34.5 Å². The van der Waals surface area contributed by atoms with Crippen LogP contribution in [0.1, 0.15) is 11.1 Å². The molecule has 0 fully saturated rings. The SMILES string of the molecule is Cc1cc(Cl)c(CO)c2ccn(SI)c12. The zero-order valence-electron chi connectivity index (χ0n) is 8.00. The van der Waals surface area contributed by atoms with Crippen molar-refractivity contribution in [3.8, 4) is 0 Å². The molecule has 0 aliphatic heterocycles. The van der Waals surface area contributed by atoms with Crippen LogP contribution in [0.15, 0.2) is 18.3 Å². The first-order valence-electron chi connectivity index (χ1n) is 4.38. The molecule has 2 aromatic rings. The van der Waals surface area contributed by atoms with Gasteiger partial charge in [0.25, 0.3) is 0 Å². The molecule has 2 nitrogen and oxygen atoms in total. The monoisotopic (exact) mass is 353 g/mol. The third-order valence-electron chi connectivity index (χ3n) is 2.41. The first-order chi connectivity index (χ1) is 7.19. The number of nitrogens with zero attached hydrogens (tertiary/aromatic N) is 1. The van der Waals surface area contributed by atoms with Crippen LogP contribution in [0.3, 0.4) is 0 Å². The van der Waals surface area contributed by atoms with Crippen LogP contribution >= 0.6 is 41.9 Å². The van der Waals surface area contributed by atoms with Crippen molar-refractivity contribution in [3.63, 3.8) is 0 Å². The molecular formula is C10H9ClINOS. The Kier molecular flexibility index (Phi) is 3.49. The molecule has 5 heteroatoms. The van der Waals surface area contributed by atoms with Crippen molar-refractivity contribution in [1.82, 2.24) is 3.97 Å². The molecule has 1 aromatic carbocycles. The molecule has 0 spiro atoms. The van der Waals surface area contributed by atoms with Gasteiger partial charge in [0.05, 0.1) is 12.1 Å². The van der Waals surface area contributed by atoms with Gasteiger partial charge in [-0.15, -0.1) is 0 Å². The minimum atomic E-state index is -0.0223. The van der Waals surface area contributed by atoms with E-state index in [-0.39, 0.29) is 6.61 Å². The van der Waals surface area contributed by atoms with Gasteiger partial charge in [-0.2, -0.15) is 0 Å². The number of aliphatic hydroxyl groups excluding tert-OH is 1. The third-order valence-corrected chi connectivity index (χ3v) is 4.48. The molecule has 2 rings (SSSR count). The van der Waals surface area contributed by atoms with Gasteiger partial charge in [0.15, 0.2) is 0 Å². The Morgan fingerprint density at radius 3 is 2.93 bits per heavy atom. The summed E-state index contributed by atoms with van der Waals surface area (Å²) in [6, 6.07) is 3.89. The van der Waals surface area contributed by atoms with E-state index in [1.54, 1.807) is 9.12 Å². The Morgan fingerprint density at radius 2 is 2.33 bits per heavy atom. The number of hydrogen-bond donors (Lipinski definition) is 1. The average Bonchev–Trinajstić information content (AvgIpc) is 2.62. The molecular weight excluding hydrogens is 345 g/mol. The van der Waals surface area contributed by atoms with Crippen LogP contribution in [0.25, 0.3) is 10.9 Å². The fraction of sp³-hybridized carbons (Fsp3) is 0.200. The second kappa shape index (κ2) is 4.53. The van der Waals surface area contributed by atoms with E-state index >= 15 is 0 Å². The van der Waals surface area contributed by atoms with E-state index in [9.17, 15) is 5.11 Å². The van der Waals surface area contributed by atoms with E-state index in [4.69, 9.17) is 11.6 Å². The highest BCUT2D eigenvalue weighted by atomic mass is 127. The largest absolute Gasteiger partial charge is 0.392 e. The van der Waals surface area contributed by atoms with Crippen LogP contribution in [0.2, 0.25) is 5.02 Å². The maximum absolute atomic E-state index is 9.29. The molecule has 0 saturated heterocycles. The molecule has 1 aromatic heterocycles. The fourth-order valence-electron chi connectivity index (χ4n) is 1.74. The lowest BCUT2D eigenvalue weighted by molar-refractivity contribution is 0.283. The Labute approximate surface area is 109 Å². The van der Waals surface area contributed by atoms with Crippen molar-refractivity contribution in [2.24, 2.45) is 0 Å². The van der Waals surface area contributed by atoms with E-state index in [0.29, 0.717) is 5.02 Å². The lowest BCUT2D eigenvalue weighted by Gasteiger charge is -2.07. The maximum atomic E-state index is 9.29. The van der Waals surface area contributed by atoms with Gasteiger partial charge in [-0.05, 0) is 24.6 Å². The maximum Gasteiger partial charge on any atom is 0.0703 e. The summed E-state index contributed by atoms with van der Waals surface area (Å²) in [4.78, 5) is 0. The summed E-state index contributed by atoms with van der Waals surface area (Å²) in [5.74, 6) is 0. The highest BCUT2D eigenvalue weighted by Gasteiger charge is 2.11. The van der Waals surface area contributed by atoms with Crippen LogP contribution in [0, 0.1) is 6.92 Å². The van der Waals surface area contributed by atoms with Crippen LogP contribution in [-0.2, 0) is 6.61 Å². The van der Waals surface area contributed by atoms with Gasteiger partial charge in [0.2, 0.25) is 0 Å². The number of hydrogen-bond acceptors (Lipinski definition) is 2. The first kappa shape index (κ1) is 11.6. The summed E-state index contributed by atoms with van der Waals surface area (Å²) >= 11 is 8.31. The predicted molar refractivity (Wildman–Crippen MR) is 74.6 cm³/mol. The molecule has 0 radical (unpaired) electrons. The molecule has 0 aliphatic rings. The van der Waals surface area contributed by atoms with E-state index in [1.807, 2.05) is 25.3 Å². The third kappa shape index (κ3) is 1.88. The summed E-state index contributed by atoms with van der Waals surface area (Å²) in [6.07, 6.45) is 1.99. The number of aromatic nitrogens is 1. The predicted octanol–water partition coefficient (Wildman–Crippen LogP) is 3.94. The molecule has 1 heterocycles. The highest BCUT2D eigenvalue weighted by Crippen LogP contribution is 2.33. The molecule has 0 atom stereocenters. The summed E-state index contributed by atoms with van der Waals surface area (Å²) in [6.45, 7) is 2.00. The van der Waals surface area contributed by atoms with Crippen molar-refractivity contribution >= 4 is 52.8 Å². The Morgan fingerprint density at radius 1 is 1.60 bits per heavy atom. The Hall–Kier alpha value is 0.0900. The zero-order valence-corrected chi connectivity index (χ0v) is 11.7. The lowest BCUT2D eigenvalue weighted by atomic mass is 10.1. The van der Waals surface area contributed by atoms with Crippen LogP contribution in [0.4, 0.5) is 0 Å². The summed E-state index contributed by atoms with van der Waals surface area (Å²) in [5.41, 5.74) is 3.06. The number of aliphatic hydroxyl groups is 1. The summed E-state index contributed by atoms with van der Waals surface area (Å²) in [7, 11) is 1.61. The van der Waals surface area contributed by atoms with Gasteiger partial charge in [0.1, 0.15) is 0 Å². The molecule has 0 amide bonds. The van der Waals surface area contributed by atoms with Crippen molar-refractivity contribution in [2.75, 3.05) is 0 Å². The quantitative estimate of drug-likeness (QED) is 0.827. The lowest BCUT2D eigenvalue weighted by Crippen LogP contribution is -1.91. The normalized spacial score (nSPS) is 11.2. The molecule has 0 unspecified atom stereocenters. The molecule has 15 heavy (non-hydrogen) atoms. The molecule has 0 aliphatic carbocycles. The minimum Gasteiger partial charge on any atom is -0.392 e. The fourth-order valence-corrected chi connectivity index (χ4v) is 3.46. The van der Waals surface area contributed by atoms with Crippen LogP contribution in [-0.4, -0.2) is 9.08 Å². The van der Waals surface area contributed by atoms with Gasteiger partial charge < -0.3 is 5.11 Å².